The molecule has 0 radical (unpaired) electrons. The van der Waals surface area contributed by atoms with Crippen molar-refractivity contribution in [3.8, 4) is 0 Å². The number of unbranched alkanes of at least 4 members (excludes halogenated alkanes) is 24. The van der Waals surface area contributed by atoms with Gasteiger partial charge in [0, 0.05) is 14.7 Å². The molecular weight excluding hydrogens is 813 g/mol. The quantitative estimate of drug-likeness (QED) is 0.0578. The number of hydrogen-bond acceptors (Lipinski definition) is 2. The smallest absolute Gasteiger partial charge is 0.449 e. The Labute approximate surface area is 404 Å². The van der Waals surface area contributed by atoms with E-state index in [9.17, 15) is 9.90 Å². The monoisotopic (exact) mass is 913 g/mol. The molecule has 0 fully saturated rings. The second-order valence-electron chi connectivity index (χ2n) is 19.7. The number of carbonyl (C=O) groups is 1. The number of rotatable bonds is 40. The van der Waals surface area contributed by atoms with Crippen molar-refractivity contribution in [3.63, 3.8) is 0 Å². The van der Waals surface area contributed by atoms with Gasteiger partial charge in [-0.1, -0.05) is 238 Å². The maximum Gasteiger partial charge on any atom is 0.517 e. The molecule has 0 aliphatic heterocycles. The van der Waals surface area contributed by atoms with Crippen molar-refractivity contribution in [3.05, 3.63) is 88.0 Å². The Morgan fingerprint density at radius 1 is 0.385 bits per heavy atom. The van der Waals surface area contributed by atoms with E-state index < -0.39 is 16.5 Å². The molecule has 368 valence electrons. The third-order valence-corrected chi connectivity index (χ3v) is 17.3. The van der Waals surface area contributed by atoms with E-state index in [4.69, 9.17) is 4.18 Å². The van der Waals surface area contributed by atoms with Gasteiger partial charge in [0.15, 0.2) is 0 Å². The first-order valence-electron chi connectivity index (χ1n) is 28.0. The van der Waals surface area contributed by atoms with Crippen LogP contribution < -0.4 is 0 Å². The summed E-state index contributed by atoms with van der Waals surface area (Å²) in [6.45, 7) is 13.8. The summed E-state index contributed by atoms with van der Waals surface area (Å²) in [5, 5.41) is 11.4. The zero-order valence-electron chi connectivity index (χ0n) is 43.3. The molecule has 4 heteroatoms. The van der Waals surface area contributed by atoms with Crippen LogP contribution in [0, 0.1) is 0 Å². The number of carboxylic acid groups (broad SMARTS) is 1. The van der Waals surface area contributed by atoms with Crippen LogP contribution in [0.4, 0.5) is 4.79 Å². The van der Waals surface area contributed by atoms with Crippen molar-refractivity contribution in [2.24, 2.45) is 0 Å². The molecule has 3 aromatic carbocycles. The number of aryl methyl sites for hydroxylation is 6. The largest absolute Gasteiger partial charge is 0.517 e. The highest BCUT2D eigenvalue weighted by Crippen LogP contribution is 2.73. The van der Waals surface area contributed by atoms with E-state index in [1.54, 1.807) is 0 Å². The lowest BCUT2D eigenvalue weighted by molar-refractivity contribution is 0.150. The summed E-state index contributed by atoms with van der Waals surface area (Å²) in [5.74, 6) is 0. The van der Waals surface area contributed by atoms with Gasteiger partial charge in [0.05, 0.1) is 0 Å². The molecule has 0 amide bonds. The summed E-state index contributed by atoms with van der Waals surface area (Å²) < 4.78 is 7.07. The molecule has 0 aliphatic carbocycles. The van der Waals surface area contributed by atoms with Crippen molar-refractivity contribution in [2.45, 2.75) is 287 Å². The summed E-state index contributed by atoms with van der Waals surface area (Å²) in [5.41, 5.74) is 8.33. The second-order valence-corrected chi connectivity index (χ2v) is 22.3. The van der Waals surface area contributed by atoms with E-state index in [0.29, 0.717) is 0 Å². The van der Waals surface area contributed by atoms with Crippen LogP contribution in [0.25, 0.3) is 0 Å². The van der Waals surface area contributed by atoms with Gasteiger partial charge in [0.1, 0.15) is 0 Å². The van der Waals surface area contributed by atoms with Gasteiger partial charge in [-0.05, 0) is 133 Å². The Hall–Kier alpha value is -2.72. The van der Waals surface area contributed by atoms with Crippen LogP contribution in [-0.4, -0.2) is 11.3 Å². The van der Waals surface area contributed by atoms with Crippen LogP contribution in [0.2, 0.25) is 0 Å². The van der Waals surface area contributed by atoms with Gasteiger partial charge in [-0.15, -0.1) is 0 Å². The Morgan fingerprint density at radius 3 is 0.908 bits per heavy atom. The maximum atomic E-state index is 13.9. The molecule has 3 nitrogen and oxygen atoms in total. The topological polar surface area (TPSA) is 46.5 Å². The SMILES string of the molecule is CCCCCCCc1cc(CCCCCCC)c(S(OC(=O)O)(c2ccccc2)c2c(CCCCCCC)cc(CCCCCCC)cc2CCCCCCC)c(CCCCCCC)c1. The van der Waals surface area contributed by atoms with Gasteiger partial charge in [-0.3, -0.25) is 0 Å². The lowest BCUT2D eigenvalue weighted by atomic mass is 9.94. The molecule has 0 spiro atoms. The van der Waals surface area contributed by atoms with Gasteiger partial charge in [-0.2, -0.15) is 0 Å². The molecule has 3 aromatic rings. The van der Waals surface area contributed by atoms with E-state index in [1.807, 2.05) is 0 Å². The minimum Gasteiger partial charge on any atom is -0.449 e. The molecule has 3 rings (SSSR count). The molecular formula is C61H100O3S. The highest BCUT2D eigenvalue weighted by molar-refractivity contribution is 8.30. The lowest BCUT2D eigenvalue weighted by Crippen LogP contribution is -2.19. The fourth-order valence-electron chi connectivity index (χ4n) is 10.2. The predicted octanol–water partition coefficient (Wildman–Crippen LogP) is 20.7. The van der Waals surface area contributed by atoms with Gasteiger partial charge < -0.3 is 9.29 Å². The van der Waals surface area contributed by atoms with E-state index in [0.717, 1.165) is 69.1 Å². The predicted molar refractivity (Wildman–Crippen MR) is 286 cm³/mol. The number of hydrogen-bond donors (Lipinski definition) is 1. The maximum absolute atomic E-state index is 13.9. The summed E-state index contributed by atoms with van der Waals surface area (Å²) >= 11 is 0. The van der Waals surface area contributed by atoms with Crippen LogP contribution in [0.5, 0.6) is 0 Å². The van der Waals surface area contributed by atoms with Gasteiger partial charge in [-0.25, -0.2) is 4.79 Å². The van der Waals surface area contributed by atoms with E-state index in [2.05, 4.69) is 96.1 Å². The van der Waals surface area contributed by atoms with Crippen molar-refractivity contribution in [2.75, 3.05) is 0 Å². The van der Waals surface area contributed by atoms with Crippen LogP contribution in [-0.2, 0) is 42.7 Å². The van der Waals surface area contributed by atoms with Gasteiger partial charge >= 0.3 is 6.16 Å². The Bertz CT molecular complexity index is 1500. The zero-order valence-corrected chi connectivity index (χ0v) is 44.1. The molecule has 65 heavy (non-hydrogen) atoms. The van der Waals surface area contributed by atoms with Crippen LogP contribution in [0.15, 0.2) is 69.3 Å². The van der Waals surface area contributed by atoms with Crippen molar-refractivity contribution < 1.29 is 14.1 Å². The lowest BCUT2D eigenvalue weighted by Gasteiger charge is -2.44. The normalized spacial score (nSPS) is 12.0. The zero-order chi connectivity index (χ0) is 46.8. The minimum atomic E-state index is -2.74. The first kappa shape index (κ1) is 56.6. The molecule has 0 aliphatic rings. The third-order valence-electron chi connectivity index (χ3n) is 13.8. The average molecular weight is 914 g/mol. The molecule has 0 bridgehead atoms. The van der Waals surface area contributed by atoms with Crippen LogP contribution >= 0.6 is 10.3 Å². The third kappa shape index (κ3) is 20.6. The van der Waals surface area contributed by atoms with E-state index in [-0.39, 0.29) is 0 Å². The van der Waals surface area contributed by atoms with Crippen molar-refractivity contribution >= 4 is 16.5 Å². The highest BCUT2D eigenvalue weighted by Gasteiger charge is 2.42. The Balaban J connectivity index is 2.52. The molecule has 0 aromatic heterocycles. The molecule has 0 atom stereocenters. The average Bonchev–Trinajstić information content (AvgIpc) is 3.30. The van der Waals surface area contributed by atoms with Crippen LogP contribution in [0.1, 0.15) is 268 Å². The van der Waals surface area contributed by atoms with E-state index in [1.165, 1.54) is 210 Å². The van der Waals surface area contributed by atoms with Crippen LogP contribution in [0.3, 0.4) is 0 Å². The van der Waals surface area contributed by atoms with Crippen molar-refractivity contribution in [1.82, 2.24) is 0 Å². The minimum absolute atomic E-state index is 0.963. The Kier molecular flexibility index (Phi) is 30.9. The summed E-state index contributed by atoms with van der Waals surface area (Å²) in [6, 6.07) is 21.0. The summed E-state index contributed by atoms with van der Waals surface area (Å²) in [6.07, 6.45) is 41.8. The summed E-state index contributed by atoms with van der Waals surface area (Å²) in [7, 11) is -2.74. The molecule has 0 saturated heterocycles. The van der Waals surface area contributed by atoms with E-state index >= 15 is 0 Å². The Morgan fingerprint density at radius 2 is 0.646 bits per heavy atom. The first-order chi connectivity index (χ1) is 31.9. The molecule has 0 unspecified atom stereocenters. The fourth-order valence-corrected chi connectivity index (χ4v) is 14.0. The second kappa shape index (κ2) is 35.4. The highest BCUT2D eigenvalue weighted by atomic mass is 32.3. The number of benzene rings is 3. The molecule has 0 saturated carbocycles. The first-order valence-corrected chi connectivity index (χ1v) is 29.6. The van der Waals surface area contributed by atoms with Gasteiger partial charge in [0.25, 0.3) is 0 Å². The summed E-state index contributed by atoms with van der Waals surface area (Å²) in [4.78, 5) is 17.4. The molecule has 0 heterocycles. The standard InChI is InChI=1S/C61H100O3S/c1-7-13-19-25-32-40-52-48-54(42-34-27-21-15-9-3)59(55(49-52)43-35-28-22-16-10-4)65(64-61(62)63,58-46-38-31-39-47-58)60-56(44-36-29-23-17-11-5)50-53(41-33-26-20-14-8-2)51-57(60)45-37-30-24-18-12-6/h31,38-39,46-51H,7-30,32-37,40-45H2,1-6H3,(H,62,63). The van der Waals surface area contributed by atoms with Gasteiger partial charge in [0.2, 0.25) is 0 Å². The fraction of sp³-hybridized carbons (Fsp3) is 0.689. The van der Waals surface area contributed by atoms with Crippen molar-refractivity contribution in [1.29, 1.82) is 0 Å². The molecule has 1 N–H and O–H groups in total.